The van der Waals surface area contributed by atoms with Gasteiger partial charge in [-0.1, -0.05) is 19.1 Å². The molecular weight excluding hydrogens is 96.1 g/mol. The van der Waals surface area contributed by atoms with Crippen molar-refractivity contribution < 1.29 is 0 Å². The van der Waals surface area contributed by atoms with Crippen molar-refractivity contribution in [2.24, 2.45) is 11.8 Å². The van der Waals surface area contributed by atoms with Gasteiger partial charge in [-0.25, -0.2) is 0 Å². The minimum atomic E-state index is 0.847. The van der Waals surface area contributed by atoms with E-state index in [4.69, 9.17) is 0 Å². The summed E-state index contributed by atoms with van der Waals surface area (Å²) in [7, 11) is 0. The third-order valence-electron chi connectivity index (χ3n) is 1.86. The lowest BCUT2D eigenvalue weighted by atomic mass is 10.1. The van der Waals surface area contributed by atoms with Crippen molar-refractivity contribution in [3.8, 4) is 0 Å². The molecule has 0 bridgehead atoms. The van der Waals surface area contributed by atoms with Gasteiger partial charge in [0.05, 0.1) is 0 Å². The van der Waals surface area contributed by atoms with Gasteiger partial charge < -0.3 is 0 Å². The number of allylic oxidation sites excluding steroid dienone is 2. The van der Waals surface area contributed by atoms with Crippen molar-refractivity contribution in [1.29, 1.82) is 0 Å². The zero-order chi connectivity index (χ0) is 5.98. The molecule has 0 aliphatic heterocycles. The molecule has 1 atom stereocenters. The number of rotatable bonds is 2. The molecule has 0 saturated heterocycles. The van der Waals surface area contributed by atoms with E-state index in [1.807, 2.05) is 0 Å². The molecule has 1 rings (SSSR count). The van der Waals surface area contributed by atoms with Gasteiger partial charge in [-0.15, -0.1) is 0 Å². The van der Waals surface area contributed by atoms with E-state index in [2.05, 4.69) is 26.0 Å². The molecule has 8 heavy (non-hydrogen) atoms. The first-order chi connectivity index (χ1) is 3.84. The average molecular weight is 110 g/mol. The summed E-state index contributed by atoms with van der Waals surface area (Å²) in [5.41, 5.74) is 0. The van der Waals surface area contributed by atoms with Crippen LogP contribution in [0.25, 0.3) is 0 Å². The standard InChI is InChI=1S/C8H14/c1-3-4-7(2)8-5-6-8/h3-4,7-8H,5-6H2,1-2H3. The van der Waals surface area contributed by atoms with E-state index in [-0.39, 0.29) is 0 Å². The van der Waals surface area contributed by atoms with Gasteiger partial charge in [0.2, 0.25) is 0 Å². The van der Waals surface area contributed by atoms with Crippen LogP contribution in [0.2, 0.25) is 0 Å². The topological polar surface area (TPSA) is 0 Å². The van der Waals surface area contributed by atoms with Crippen LogP contribution in [0.4, 0.5) is 0 Å². The van der Waals surface area contributed by atoms with Gasteiger partial charge in [-0.2, -0.15) is 0 Å². The first-order valence-corrected chi connectivity index (χ1v) is 3.47. The molecule has 1 saturated carbocycles. The Bertz CT molecular complexity index is 88.2. The summed E-state index contributed by atoms with van der Waals surface area (Å²) in [6.45, 7) is 4.40. The van der Waals surface area contributed by atoms with E-state index in [1.165, 1.54) is 12.8 Å². The molecule has 0 N–H and O–H groups in total. The Balaban J connectivity index is 2.22. The molecule has 0 radical (unpaired) electrons. The van der Waals surface area contributed by atoms with Crippen molar-refractivity contribution in [2.45, 2.75) is 26.7 Å². The van der Waals surface area contributed by atoms with Crippen molar-refractivity contribution in [3.05, 3.63) is 12.2 Å². The van der Waals surface area contributed by atoms with Crippen LogP contribution in [0.1, 0.15) is 26.7 Å². The Kier molecular flexibility index (Phi) is 1.72. The summed E-state index contributed by atoms with van der Waals surface area (Å²) < 4.78 is 0. The molecule has 1 aliphatic rings. The maximum atomic E-state index is 2.30. The summed E-state index contributed by atoms with van der Waals surface area (Å²) >= 11 is 0. The van der Waals surface area contributed by atoms with Crippen molar-refractivity contribution in [1.82, 2.24) is 0 Å². The Morgan fingerprint density at radius 1 is 1.50 bits per heavy atom. The van der Waals surface area contributed by atoms with Crippen LogP contribution in [0.5, 0.6) is 0 Å². The fourth-order valence-corrected chi connectivity index (χ4v) is 1.08. The van der Waals surface area contributed by atoms with Gasteiger partial charge >= 0.3 is 0 Å². The Morgan fingerprint density at radius 3 is 2.50 bits per heavy atom. The molecule has 0 heterocycles. The van der Waals surface area contributed by atoms with Crippen LogP contribution >= 0.6 is 0 Å². The van der Waals surface area contributed by atoms with Gasteiger partial charge in [0.25, 0.3) is 0 Å². The highest BCUT2D eigenvalue weighted by Gasteiger charge is 2.25. The van der Waals surface area contributed by atoms with Gasteiger partial charge in [0, 0.05) is 0 Å². The number of hydrogen-bond donors (Lipinski definition) is 0. The van der Waals surface area contributed by atoms with Crippen LogP contribution in [0, 0.1) is 11.8 Å². The minimum Gasteiger partial charge on any atom is -0.0914 e. The zero-order valence-corrected chi connectivity index (χ0v) is 5.72. The molecular formula is C8H14. The molecule has 1 aliphatic carbocycles. The van der Waals surface area contributed by atoms with Gasteiger partial charge in [-0.3, -0.25) is 0 Å². The van der Waals surface area contributed by atoms with Crippen LogP contribution in [-0.4, -0.2) is 0 Å². The van der Waals surface area contributed by atoms with Crippen LogP contribution in [0.3, 0.4) is 0 Å². The monoisotopic (exact) mass is 110 g/mol. The molecule has 0 aromatic carbocycles. The molecule has 0 amide bonds. The zero-order valence-electron chi connectivity index (χ0n) is 5.72. The number of hydrogen-bond acceptors (Lipinski definition) is 0. The second-order valence-electron chi connectivity index (χ2n) is 2.72. The first kappa shape index (κ1) is 5.87. The molecule has 0 spiro atoms. The van der Waals surface area contributed by atoms with E-state index in [9.17, 15) is 0 Å². The second-order valence-corrected chi connectivity index (χ2v) is 2.72. The molecule has 0 aromatic rings. The smallest absolute Gasteiger partial charge is 0.0234 e. The highest BCUT2D eigenvalue weighted by atomic mass is 14.3. The fraction of sp³-hybridized carbons (Fsp3) is 0.750. The summed E-state index contributed by atoms with van der Waals surface area (Å²) in [6, 6.07) is 0. The predicted molar refractivity (Wildman–Crippen MR) is 36.7 cm³/mol. The highest BCUT2D eigenvalue weighted by Crippen LogP contribution is 2.36. The SMILES string of the molecule is CC=CC(C)C1CC1. The lowest BCUT2D eigenvalue weighted by Crippen LogP contribution is -1.89. The van der Waals surface area contributed by atoms with Gasteiger partial charge in [-0.05, 0) is 31.6 Å². The molecule has 46 valence electrons. The van der Waals surface area contributed by atoms with E-state index >= 15 is 0 Å². The third-order valence-corrected chi connectivity index (χ3v) is 1.86. The summed E-state index contributed by atoms with van der Waals surface area (Å²) in [5, 5.41) is 0. The van der Waals surface area contributed by atoms with Crippen LogP contribution in [-0.2, 0) is 0 Å². The Hall–Kier alpha value is -0.260. The minimum absolute atomic E-state index is 0.847. The van der Waals surface area contributed by atoms with Crippen molar-refractivity contribution >= 4 is 0 Å². The third kappa shape index (κ3) is 1.36. The molecule has 0 heteroatoms. The van der Waals surface area contributed by atoms with E-state index in [0.29, 0.717) is 0 Å². The van der Waals surface area contributed by atoms with Crippen LogP contribution < -0.4 is 0 Å². The fourth-order valence-electron chi connectivity index (χ4n) is 1.08. The molecule has 0 aromatic heterocycles. The molecule has 0 nitrogen and oxygen atoms in total. The van der Waals surface area contributed by atoms with Gasteiger partial charge in [0.15, 0.2) is 0 Å². The summed E-state index contributed by atoms with van der Waals surface area (Å²) in [5.74, 6) is 1.88. The van der Waals surface area contributed by atoms with Crippen molar-refractivity contribution in [3.63, 3.8) is 0 Å². The lowest BCUT2D eigenvalue weighted by Gasteiger charge is -1.98. The van der Waals surface area contributed by atoms with Crippen molar-refractivity contribution in [2.75, 3.05) is 0 Å². The van der Waals surface area contributed by atoms with E-state index in [1.54, 1.807) is 0 Å². The maximum absolute atomic E-state index is 2.30. The lowest BCUT2D eigenvalue weighted by molar-refractivity contribution is 0.627. The van der Waals surface area contributed by atoms with E-state index < -0.39 is 0 Å². The maximum Gasteiger partial charge on any atom is -0.0234 e. The Labute approximate surface area is 51.6 Å². The molecule has 1 fully saturated rings. The second kappa shape index (κ2) is 2.34. The predicted octanol–water partition coefficient (Wildman–Crippen LogP) is 2.61. The van der Waals surface area contributed by atoms with E-state index in [0.717, 1.165) is 11.8 Å². The highest BCUT2D eigenvalue weighted by molar-refractivity contribution is 4.92. The summed E-state index contributed by atoms with van der Waals surface area (Å²) in [6.07, 6.45) is 7.39. The largest absolute Gasteiger partial charge is 0.0914 e. The normalized spacial score (nSPS) is 24.2. The summed E-state index contributed by atoms with van der Waals surface area (Å²) in [4.78, 5) is 0. The molecule has 1 unspecified atom stereocenters. The van der Waals surface area contributed by atoms with Gasteiger partial charge in [0.1, 0.15) is 0 Å². The average Bonchev–Trinajstić information content (AvgIpc) is 2.45. The first-order valence-electron chi connectivity index (χ1n) is 3.47. The van der Waals surface area contributed by atoms with Crippen LogP contribution in [0.15, 0.2) is 12.2 Å². The quantitative estimate of drug-likeness (QED) is 0.479. The Morgan fingerprint density at radius 2 is 2.12 bits per heavy atom.